The topological polar surface area (TPSA) is 17.0 Å². The number of alkyl halides is 6. The molecule has 0 amide bonds. The van der Waals surface area contributed by atoms with Gasteiger partial charge < -0.3 is 9.88 Å². The molecule has 2 heterocycles. The SMILES string of the molecule is C[C@@H]1CNCc2cc3c(C(F)(F)F)cc(C(F)(F)F)cc3n21. The number of aromatic nitrogens is 1. The molecular formula is C14H12F6N2. The summed E-state index contributed by atoms with van der Waals surface area (Å²) in [4.78, 5) is 0. The Bertz CT molecular complexity index is 725. The molecule has 0 unspecified atom stereocenters. The highest BCUT2D eigenvalue weighted by molar-refractivity contribution is 5.86. The molecule has 0 aliphatic carbocycles. The van der Waals surface area contributed by atoms with Gasteiger partial charge in [0.05, 0.1) is 11.1 Å². The van der Waals surface area contributed by atoms with E-state index in [1.165, 1.54) is 6.07 Å². The van der Waals surface area contributed by atoms with E-state index in [-0.39, 0.29) is 23.0 Å². The van der Waals surface area contributed by atoms with Crippen molar-refractivity contribution in [2.24, 2.45) is 0 Å². The lowest BCUT2D eigenvalue weighted by Gasteiger charge is -2.25. The molecule has 1 aromatic heterocycles. The van der Waals surface area contributed by atoms with Gasteiger partial charge in [-0.15, -0.1) is 0 Å². The fourth-order valence-corrected chi connectivity index (χ4v) is 2.94. The minimum Gasteiger partial charge on any atom is -0.339 e. The average Bonchev–Trinajstić information content (AvgIpc) is 2.74. The van der Waals surface area contributed by atoms with Crippen LogP contribution < -0.4 is 5.32 Å². The van der Waals surface area contributed by atoms with E-state index in [9.17, 15) is 26.3 Å². The minimum absolute atomic E-state index is 0.0221. The van der Waals surface area contributed by atoms with Gasteiger partial charge in [-0.3, -0.25) is 0 Å². The molecule has 2 aromatic rings. The summed E-state index contributed by atoms with van der Waals surface area (Å²) in [6, 6.07) is 2.09. The number of rotatable bonds is 0. The fraction of sp³-hybridized carbons (Fsp3) is 0.429. The summed E-state index contributed by atoms with van der Waals surface area (Å²) in [5, 5.41) is 2.84. The van der Waals surface area contributed by atoms with Gasteiger partial charge in [0, 0.05) is 35.7 Å². The molecule has 0 spiro atoms. The van der Waals surface area contributed by atoms with Gasteiger partial charge in [0.1, 0.15) is 0 Å². The van der Waals surface area contributed by atoms with Gasteiger partial charge in [0.2, 0.25) is 0 Å². The Balaban J connectivity index is 2.38. The molecule has 0 fully saturated rings. The summed E-state index contributed by atoms with van der Waals surface area (Å²) >= 11 is 0. The molecule has 1 atom stereocenters. The Hall–Kier alpha value is -1.70. The van der Waals surface area contributed by atoms with Crippen LogP contribution in [0.5, 0.6) is 0 Å². The van der Waals surface area contributed by atoms with Crippen LogP contribution in [0, 0.1) is 0 Å². The number of halogens is 6. The number of hydrogen-bond acceptors (Lipinski definition) is 1. The first-order valence-corrected chi connectivity index (χ1v) is 6.62. The molecule has 1 aliphatic heterocycles. The third-order valence-electron chi connectivity index (χ3n) is 3.86. The van der Waals surface area contributed by atoms with E-state index in [0.29, 0.717) is 18.8 Å². The highest BCUT2D eigenvalue weighted by Gasteiger charge is 2.39. The van der Waals surface area contributed by atoms with Gasteiger partial charge >= 0.3 is 12.4 Å². The van der Waals surface area contributed by atoms with E-state index in [4.69, 9.17) is 0 Å². The predicted molar refractivity (Wildman–Crippen MR) is 68.4 cm³/mol. The fourth-order valence-electron chi connectivity index (χ4n) is 2.94. The lowest BCUT2D eigenvalue weighted by Crippen LogP contribution is -2.30. The first-order chi connectivity index (χ1) is 10.1. The van der Waals surface area contributed by atoms with Crippen LogP contribution in [0.1, 0.15) is 29.8 Å². The van der Waals surface area contributed by atoms with Gasteiger partial charge in [-0.2, -0.15) is 26.3 Å². The maximum atomic E-state index is 13.2. The standard InChI is InChI=1S/C14H12F6N2/c1-7-5-21-6-9-4-10-11(14(18,19)20)2-8(13(15,16)17)3-12(10)22(7)9/h2-4,7,21H,5-6H2,1H3/t7-/m1/s1. The van der Waals surface area contributed by atoms with Crippen LogP contribution in [0.25, 0.3) is 10.9 Å². The Labute approximate surface area is 121 Å². The number of hydrogen-bond donors (Lipinski definition) is 1. The molecule has 0 bridgehead atoms. The third kappa shape index (κ3) is 2.35. The van der Waals surface area contributed by atoms with Crippen LogP contribution in [0.2, 0.25) is 0 Å². The molecule has 1 aliphatic rings. The molecular weight excluding hydrogens is 310 g/mol. The van der Waals surface area contributed by atoms with Crippen molar-refractivity contribution in [1.82, 2.24) is 9.88 Å². The van der Waals surface area contributed by atoms with Gasteiger partial charge in [-0.1, -0.05) is 0 Å². The van der Waals surface area contributed by atoms with Crippen molar-refractivity contribution in [3.63, 3.8) is 0 Å². The molecule has 22 heavy (non-hydrogen) atoms. The van der Waals surface area contributed by atoms with E-state index < -0.39 is 23.5 Å². The largest absolute Gasteiger partial charge is 0.417 e. The average molecular weight is 322 g/mol. The maximum Gasteiger partial charge on any atom is 0.417 e. The first kappa shape index (κ1) is 15.2. The first-order valence-electron chi connectivity index (χ1n) is 6.62. The van der Waals surface area contributed by atoms with Gasteiger partial charge in [-0.05, 0) is 25.1 Å². The molecule has 2 nitrogen and oxygen atoms in total. The monoisotopic (exact) mass is 322 g/mol. The second-order valence-corrected chi connectivity index (χ2v) is 5.44. The molecule has 0 saturated heterocycles. The van der Waals surface area contributed by atoms with Crippen LogP contribution in [0.3, 0.4) is 0 Å². The van der Waals surface area contributed by atoms with Crippen LogP contribution in [-0.4, -0.2) is 11.1 Å². The van der Waals surface area contributed by atoms with Crippen molar-refractivity contribution < 1.29 is 26.3 Å². The molecule has 3 rings (SSSR count). The van der Waals surface area contributed by atoms with E-state index in [1.54, 1.807) is 11.5 Å². The zero-order valence-corrected chi connectivity index (χ0v) is 11.4. The molecule has 0 saturated carbocycles. The number of nitrogens with zero attached hydrogens (tertiary/aromatic N) is 1. The van der Waals surface area contributed by atoms with Crippen molar-refractivity contribution in [3.8, 4) is 0 Å². The lowest BCUT2D eigenvalue weighted by atomic mass is 10.0. The van der Waals surface area contributed by atoms with Crippen LogP contribution in [0.15, 0.2) is 18.2 Å². The summed E-state index contributed by atoms with van der Waals surface area (Å²) in [6.07, 6.45) is -9.66. The maximum absolute atomic E-state index is 13.2. The van der Waals surface area contributed by atoms with E-state index >= 15 is 0 Å². The number of benzene rings is 1. The Morgan fingerprint density at radius 2 is 1.73 bits per heavy atom. The van der Waals surface area contributed by atoms with Crippen molar-refractivity contribution in [2.75, 3.05) is 6.54 Å². The highest BCUT2D eigenvalue weighted by Crippen LogP contribution is 2.42. The van der Waals surface area contributed by atoms with E-state index in [2.05, 4.69) is 5.32 Å². The lowest BCUT2D eigenvalue weighted by molar-refractivity contribution is -0.142. The van der Waals surface area contributed by atoms with Crippen molar-refractivity contribution in [2.45, 2.75) is 31.9 Å². The van der Waals surface area contributed by atoms with Gasteiger partial charge in [-0.25, -0.2) is 0 Å². The van der Waals surface area contributed by atoms with Crippen molar-refractivity contribution in [1.29, 1.82) is 0 Å². The van der Waals surface area contributed by atoms with Gasteiger partial charge in [0.25, 0.3) is 0 Å². The second-order valence-electron chi connectivity index (χ2n) is 5.44. The third-order valence-corrected chi connectivity index (χ3v) is 3.86. The molecule has 1 N–H and O–H groups in total. The Morgan fingerprint density at radius 3 is 2.32 bits per heavy atom. The molecule has 8 heteroatoms. The zero-order valence-electron chi connectivity index (χ0n) is 11.4. The Kier molecular flexibility index (Phi) is 3.21. The summed E-state index contributed by atoms with van der Waals surface area (Å²) < 4.78 is 79.8. The highest BCUT2D eigenvalue weighted by atomic mass is 19.4. The zero-order chi connectivity index (χ0) is 16.3. The quantitative estimate of drug-likeness (QED) is 0.714. The van der Waals surface area contributed by atoms with Crippen molar-refractivity contribution in [3.05, 3.63) is 35.0 Å². The van der Waals surface area contributed by atoms with E-state index in [1.807, 2.05) is 0 Å². The normalized spacial score (nSPS) is 19.5. The summed E-state index contributed by atoms with van der Waals surface area (Å²) in [5.74, 6) is 0. The Morgan fingerprint density at radius 1 is 1.05 bits per heavy atom. The molecule has 0 radical (unpaired) electrons. The summed E-state index contributed by atoms with van der Waals surface area (Å²) in [5.41, 5.74) is -1.99. The van der Waals surface area contributed by atoms with Crippen LogP contribution in [0.4, 0.5) is 26.3 Å². The minimum atomic E-state index is -4.84. The van der Waals surface area contributed by atoms with Crippen molar-refractivity contribution >= 4 is 10.9 Å². The van der Waals surface area contributed by atoms with E-state index in [0.717, 1.165) is 6.07 Å². The summed E-state index contributed by atoms with van der Waals surface area (Å²) in [6.45, 7) is 2.58. The summed E-state index contributed by atoms with van der Waals surface area (Å²) in [7, 11) is 0. The smallest absolute Gasteiger partial charge is 0.339 e. The molecule has 1 aromatic carbocycles. The number of fused-ring (bicyclic) bond motifs is 3. The number of nitrogens with one attached hydrogen (secondary N) is 1. The van der Waals surface area contributed by atoms with Crippen LogP contribution in [-0.2, 0) is 18.9 Å². The van der Waals surface area contributed by atoms with Gasteiger partial charge in [0.15, 0.2) is 0 Å². The second kappa shape index (κ2) is 4.65. The van der Waals surface area contributed by atoms with Crippen LogP contribution >= 0.6 is 0 Å². The predicted octanol–water partition coefficient (Wildman–Crippen LogP) is 4.34. The molecule has 120 valence electrons.